The molecule has 0 radical (unpaired) electrons. The van der Waals surface area contributed by atoms with Gasteiger partial charge in [-0.25, -0.2) is 4.98 Å². The van der Waals surface area contributed by atoms with Gasteiger partial charge in [-0.15, -0.1) is 11.3 Å². The van der Waals surface area contributed by atoms with E-state index in [0.717, 1.165) is 47.6 Å². The van der Waals surface area contributed by atoms with Crippen molar-refractivity contribution in [3.05, 3.63) is 75.2 Å². The fourth-order valence-electron chi connectivity index (χ4n) is 3.25. The van der Waals surface area contributed by atoms with Crippen molar-refractivity contribution in [3.63, 3.8) is 0 Å². The summed E-state index contributed by atoms with van der Waals surface area (Å²) in [6, 6.07) is 15.4. The number of piperazine rings is 1. The fourth-order valence-corrected chi connectivity index (χ4v) is 4.50. The molecule has 29 heavy (non-hydrogen) atoms. The molecule has 3 aromatic rings. The van der Waals surface area contributed by atoms with Crippen molar-refractivity contribution < 1.29 is 4.79 Å². The number of benzene rings is 2. The van der Waals surface area contributed by atoms with Crippen molar-refractivity contribution in [2.24, 2.45) is 0 Å². The number of carbonyl (C=O) groups excluding carboxylic acids is 1. The summed E-state index contributed by atoms with van der Waals surface area (Å²) in [6.45, 7) is 3.84. The highest BCUT2D eigenvalue weighted by Gasteiger charge is 2.21. The summed E-state index contributed by atoms with van der Waals surface area (Å²) in [5.74, 6) is -0.190. The Kier molecular flexibility index (Phi) is 6.23. The molecular formula is C21H20Cl2N4OS. The van der Waals surface area contributed by atoms with Gasteiger partial charge in [0.15, 0.2) is 5.13 Å². The van der Waals surface area contributed by atoms with Crippen LogP contribution in [0.15, 0.2) is 53.9 Å². The van der Waals surface area contributed by atoms with Crippen molar-refractivity contribution in [2.75, 3.05) is 36.0 Å². The van der Waals surface area contributed by atoms with Crippen LogP contribution in [0.4, 0.5) is 10.8 Å². The van der Waals surface area contributed by atoms with Gasteiger partial charge in [-0.3, -0.25) is 4.79 Å². The summed E-state index contributed by atoms with van der Waals surface area (Å²) in [6.07, 6.45) is 0. The number of aromatic nitrogens is 1. The highest BCUT2D eigenvalue weighted by molar-refractivity contribution is 7.13. The lowest BCUT2D eigenvalue weighted by Gasteiger charge is -2.36. The number of nitrogens with zero attached hydrogens (tertiary/aromatic N) is 3. The molecule has 0 atom stereocenters. The molecule has 4 rings (SSSR count). The zero-order valence-corrected chi connectivity index (χ0v) is 18.0. The van der Waals surface area contributed by atoms with Crippen LogP contribution < -0.4 is 15.1 Å². The van der Waals surface area contributed by atoms with E-state index >= 15 is 0 Å². The molecular weight excluding hydrogens is 427 g/mol. The molecule has 1 saturated heterocycles. The topological polar surface area (TPSA) is 48.5 Å². The Hall–Kier alpha value is -2.28. The molecule has 1 N–H and O–H groups in total. The maximum absolute atomic E-state index is 12.4. The number of hydrogen-bond donors (Lipinski definition) is 1. The molecule has 2 aromatic carbocycles. The van der Waals surface area contributed by atoms with Gasteiger partial charge in [0.25, 0.3) is 5.91 Å². The Labute approximate surface area is 183 Å². The molecule has 0 unspecified atom stereocenters. The van der Waals surface area contributed by atoms with Crippen LogP contribution in [0, 0.1) is 0 Å². The van der Waals surface area contributed by atoms with Gasteiger partial charge in [0.2, 0.25) is 0 Å². The number of hydrogen-bond acceptors (Lipinski definition) is 5. The van der Waals surface area contributed by atoms with Crippen LogP contribution in [0.5, 0.6) is 0 Å². The first-order chi connectivity index (χ1) is 14.1. The van der Waals surface area contributed by atoms with E-state index in [1.807, 2.05) is 42.5 Å². The minimum atomic E-state index is -0.190. The van der Waals surface area contributed by atoms with E-state index in [4.69, 9.17) is 23.2 Å². The fraction of sp³-hybridized carbons (Fsp3) is 0.238. The average Bonchev–Trinajstić information content (AvgIpc) is 3.23. The first-order valence-corrected chi connectivity index (χ1v) is 11.0. The molecule has 0 spiro atoms. The summed E-state index contributed by atoms with van der Waals surface area (Å²) in [7, 11) is 0. The average molecular weight is 447 g/mol. The third-order valence-corrected chi connectivity index (χ3v) is 6.35. The predicted octanol–water partition coefficient (Wildman–Crippen LogP) is 4.71. The van der Waals surface area contributed by atoms with E-state index in [1.165, 1.54) is 11.3 Å². The Balaban J connectivity index is 1.33. The zero-order valence-electron chi connectivity index (χ0n) is 15.6. The second-order valence-electron chi connectivity index (χ2n) is 6.74. The van der Waals surface area contributed by atoms with E-state index in [1.54, 1.807) is 5.38 Å². The first-order valence-electron chi connectivity index (χ1n) is 9.33. The molecule has 1 amide bonds. The van der Waals surface area contributed by atoms with E-state index in [9.17, 15) is 4.79 Å². The van der Waals surface area contributed by atoms with E-state index in [2.05, 4.69) is 26.2 Å². The number of anilines is 2. The highest BCUT2D eigenvalue weighted by Crippen LogP contribution is 2.25. The SMILES string of the molecule is O=C(NCc1ccccc1Cl)c1csc(N2CCN(c3cccc(Cl)c3)CC2)n1. The maximum atomic E-state index is 12.4. The Bertz CT molecular complexity index is 1000. The molecule has 0 saturated carbocycles. The van der Waals surface area contributed by atoms with Crippen LogP contribution >= 0.6 is 34.5 Å². The number of halogens is 2. The number of carbonyl (C=O) groups is 1. The number of thiazole rings is 1. The molecule has 5 nitrogen and oxygen atoms in total. The van der Waals surface area contributed by atoms with Crippen molar-refractivity contribution in [1.82, 2.24) is 10.3 Å². The lowest BCUT2D eigenvalue weighted by Crippen LogP contribution is -2.46. The van der Waals surface area contributed by atoms with Gasteiger partial charge in [-0.05, 0) is 29.8 Å². The summed E-state index contributed by atoms with van der Waals surface area (Å²) in [5, 5.41) is 6.96. The number of rotatable bonds is 5. The molecule has 0 aliphatic carbocycles. The number of nitrogens with one attached hydrogen (secondary N) is 1. The molecule has 1 fully saturated rings. The summed E-state index contributed by atoms with van der Waals surface area (Å²) in [4.78, 5) is 21.5. The van der Waals surface area contributed by atoms with Crippen LogP contribution in [0.2, 0.25) is 10.0 Å². The Morgan fingerprint density at radius 2 is 1.79 bits per heavy atom. The third kappa shape index (κ3) is 4.83. The lowest BCUT2D eigenvalue weighted by atomic mass is 10.2. The third-order valence-electron chi connectivity index (χ3n) is 4.85. The van der Waals surface area contributed by atoms with Crippen molar-refractivity contribution >= 4 is 51.3 Å². The van der Waals surface area contributed by atoms with Gasteiger partial charge >= 0.3 is 0 Å². The Morgan fingerprint density at radius 3 is 2.55 bits per heavy atom. The van der Waals surface area contributed by atoms with Crippen LogP contribution in [0.3, 0.4) is 0 Å². The van der Waals surface area contributed by atoms with Crippen molar-refractivity contribution in [1.29, 1.82) is 0 Å². The summed E-state index contributed by atoms with van der Waals surface area (Å²) < 4.78 is 0. The molecule has 8 heteroatoms. The predicted molar refractivity (Wildman–Crippen MR) is 121 cm³/mol. The first kappa shape index (κ1) is 20.0. The van der Waals surface area contributed by atoms with Gasteiger partial charge < -0.3 is 15.1 Å². The standard InChI is InChI=1S/C21H20Cl2N4OS/c22-16-5-3-6-17(12-16)26-8-10-27(11-9-26)21-25-19(14-29-21)20(28)24-13-15-4-1-2-7-18(15)23/h1-7,12,14H,8-11,13H2,(H,24,28). The molecule has 150 valence electrons. The quantitative estimate of drug-likeness (QED) is 0.616. The minimum absolute atomic E-state index is 0.190. The monoisotopic (exact) mass is 446 g/mol. The molecule has 1 aromatic heterocycles. The van der Waals surface area contributed by atoms with Crippen LogP contribution in [0.1, 0.15) is 16.1 Å². The van der Waals surface area contributed by atoms with Gasteiger partial charge in [0.1, 0.15) is 5.69 Å². The maximum Gasteiger partial charge on any atom is 0.271 e. The Morgan fingerprint density at radius 1 is 1.03 bits per heavy atom. The van der Waals surface area contributed by atoms with Crippen LogP contribution in [-0.2, 0) is 6.54 Å². The largest absolute Gasteiger partial charge is 0.368 e. The summed E-state index contributed by atoms with van der Waals surface area (Å²) in [5.41, 5.74) is 2.46. The lowest BCUT2D eigenvalue weighted by molar-refractivity contribution is 0.0946. The van der Waals surface area contributed by atoms with E-state index < -0.39 is 0 Å². The van der Waals surface area contributed by atoms with Gasteiger partial charge in [0, 0.05) is 53.8 Å². The molecule has 2 heterocycles. The van der Waals surface area contributed by atoms with Gasteiger partial charge in [-0.2, -0.15) is 0 Å². The van der Waals surface area contributed by atoms with Crippen molar-refractivity contribution in [3.8, 4) is 0 Å². The summed E-state index contributed by atoms with van der Waals surface area (Å²) >= 11 is 13.7. The molecule has 0 bridgehead atoms. The molecule has 1 aliphatic rings. The van der Waals surface area contributed by atoms with Gasteiger partial charge in [0.05, 0.1) is 0 Å². The van der Waals surface area contributed by atoms with Crippen LogP contribution in [0.25, 0.3) is 0 Å². The second-order valence-corrected chi connectivity index (χ2v) is 8.42. The number of amides is 1. The van der Waals surface area contributed by atoms with Gasteiger partial charge in [-0.1, -0.05) is 47.5 Å². The van der Waals surface area contributed by atoms with E-state index in [0.29, 0.717) is 17.3 Å². The zero-order chi connectivity index (χ0) is 20.2. The van der Waals surface area contributed by atoms with Crippen molar-refractivity contribution in [2.45, 2.75) is 6.54 Å². The van der Waals surface area contributed by atoms with Crippen LogP contribution in [-0.4, -0.2) is 37.1 Å². The van der Waals surface area contributed by atoms with E-state index in [-0.39, 0.29) is 5.91 Å². The smallest absolute Gasteiger partial charge is 0.271 e. The second kappa shape index (κ2) is 9.03. The normalized spacial score (nSPS) is 14.1. The minimum Gasteiger partial charge on any atom is -0.368 e. The molecule has 1 aliphatic heterocycles. The highest BCUT2D eigenvalue weighted by atomic mass is 35.5.